The van der Waals surface area contributed by atoms with Crippen molar-refractivity contribution in [1.82, 2.24) is 9.97 Å². The molecule has 0 spiro atoms. The Hall–Kier alpha value is -1.12. The molecule has 3 rings (SSSR count). The lowest BCUT2D eigenvalue weighted by Crippen LogP contribution is -2.35. The molecule has 2 fully saturated rings. The van der Waals surface area contributed by atoms with Gasteiger partial charge in [-0.05, 0) is 43.1 Å². The second kappa shape index (κ2) is 5.25. The van der Waals surface area contributed by atoms with Crippen LogP contribution in [0, 0.1) is 11.8 Å². The molecular weight excluding hydrogens is 222 g/mol. The van der Waals surface area contributed by atoms with Crippen LogP contribution in [0.3, 0.4) is 0 Å². The van der Waals surface area contributed by atoms with Crippen LogP contribution in [-0.4, -0.2) is 23.1 Å². The molecule has 0 bridgehead atoms. The first-order valence-electron chi connectivity index (χ1n) is 7.41. The second-order valence-electron chi connectivity index (χ2n) is 5.85. The third-order valence-corrected chi connectivity index (χ3v) is 4.36. The summed E-state index contributed by atoms with van der Waals surface area (Å²) in [6.07, 6.45) is 12.1. The minimum atomic E-state index is 0.928. The molecule has 1 aromatic heterocycles. The normalized spacial score (nSPS) is 21.3. The quantitative estimate of drug-likeness (QED) is 0.816. The summed E-state index contributed by atoms with van der Waals surface area (Å²) in [5, 5.41) is 0. The van der Waals surface area contributed by atoms with Crippen LogP contribution in [0.1, 0.15) is 44.6 Å². The Morgan fingerprint density at radius 2 is 1.67 bits per heavy atom. The summed E-state index contributed by atoms with van der Waals surface area (Å²) in [7, 11) is 0. The average molecular weight is 245 g/mol. The highest BCUT2D eigenvalue weighted by molar-refractivity contribution is 5.30. The van der Waals surface area contributed by atoms with E-state index < -0.39 is 0 Å². The summed E-state index contributed by atoms with van der Waals surface area (Å²) >= 11 is 0. The fraction of sp³-hybridized carbons (Fsp3) is 0.733. The number of hydrogen-bond donors (Lipinski definition) is 0. The molecule has 1 aliphatic heterocycles. The predicted molar refractivity (Wildman–Crippen MR) is 73.7 cm³/mol. The Labute approximate surface area is 110 Å². The number of hydrogen-bond acceptors (Lipinski definition) is 3. The molecule has 1 saturated heterocycles. The smallest absolute Gasteiger partial charge is 0.225 e. The molecule has 0 N–H and O–H groups in total. The number of aromatic nitrogens is 2. The van der Waals surface area contributed by atoms with Crippen molar-refractivity contribution >= 4 is 5.95 Å². The van der Waals surface area contributed by atoms with Gasteiger partial charge in [0.1, 0.15) is 0 Å². The minimum absolute atomic E-state index is 0.928. The van der Waals surface area contributed by atoms with Crippen LogP contribution in [0.15, 0.2) is 12.4 Å². The summed E-state index contributed by atoms with van der Waals surface area (Å²) in [6, 6.07) is 0. The van der Waals surface area contributed by atoms with Crippen LogP contribution >= 0.6 is 0 Å². The van der Waals surface area contributed by atoms with E-state index in [1.54, 1.807) is 0 Å². The highest BCUT2D eigenvalue weighted by atomic mass is 15.2. The summed E-state index contributed by atoms with van der Waals surface area (Å²) in [5.41, 5.74) is 1.22. The molecule has 0 amide bonds. The van der Waals surface area contributed by atoms with Crippen LogP contribution < -0.4 is 4.90 Å². The van der Waals surface area contributed by atoms with Gasteiger partial charge in [-0.2, -0.15) is 0 Å². The zero-order chi connectivity index (χ0) is 12.4. The zero-order valence-electron chi connectivity index (χ0n) is 11.3. The van der Waals surface area contributed by atoms with E-state index in [0.29, 0.717) is 0 Å². The summed E-state index contributed by atoms with van der Waals surface area (Å²) in [6.45, 7) is 4.42. The molecule has 0 radical (unpaired) electrons. The molecule has 1 saturated carbocycles. The van der Waals surface area contributed by atoms with Crippen LogP contribution in [0.4, 0.5) is 5.95 Å². The van der Waals surface area contributed by atoms with Crippen molar-refractivity contribution in [2.45, 2.75) is 45.4 Å². The molecule has 0 unspecified atom stereocenters. The Kier molecular flexibility index (Phi) is 3.48. The van der Waals surface area contributed by atoms with Gasteiger partial charge in [-0.15, -0.1) is 0 Å². The van der Waals surface area contributed by atoms with Crippen molar-refractivity contribution in [3.05, 3.63) is 18.0 Å². The maximum absolute atomic E-state index is 4.49. The Morgan fingerprint density at radius 1 is 1.06 bits per heavy atom. The average Bonchev–Trinajstić information content (AvgIpc) is 3.24. The van der Waals surface area contributed by atoms with Crippen molar-refractivity contribution < 1.29 is 0 Å². The number of aryl methyl sites for hydroxylation is 1. The summed E-state index contributed by atoms with van der Waals surface area (Å²) in [5.74, 6) is 2.96. The SMILES string of the molecule is CCc1cnc(N2CCC(CC3CC3)CC2)nc1. The van der Waals surface area contributed by atoms with Crippen molar-refractivity contribution in [3.63, 3.8) is 0 Å². The van der Waals surface area contributed by atoms with E-state index in [-0.39, 0.29) is 0 Å². The lowest BCUT2D eigenvalue weighted by molar-refractivity contribution is 0.362. The first-order valence-corrected chi connectivity index (χ1v) is 7.41. The molecule has 3 nitrogen and oxygen atoms in total. The van der Waals surface area contributed by atoms with Gasteiger partial charge in [-0.1, -0.05) is 19.8 Å². The number of anilines is 1. The number of piperidine rings is 1. The lowest BCUT2D eigenvalue weighted by Gasteiger charge is -2.32. The molecule has 1 aromatic rings. The Balaban J connectivity index is 1.54. The fourth-order valence-corrected chi connectivity index (χ4v) is 2.89. The van der Waals surface area contributed by atoms with E-state index in [4.69, 9.17) is 0 Å². The van der Waals surface area contributed by atoms with Crippen LogP contribution in [0.5, 0.6) is 0 Å². The number of nitrogens with zero attached hydrogens (tertiary/aromatic N) is 3. The van der Waals surface area contributed by atoms with E-state index in [9.17, 15) is 0 Å². The third-order valence-electron chi connectivity index (χ3n) is 4.36. The van der Waals surface area contributed by atoms with Gasteiger partial charge in [-0.25, -0.2) is 9.97 Å². The van der Waals surface area contributed by atoms with E-state index in [1.165, 1.54) is 37.7 Å². The zero-order valence-corrected chi connectivity index (χ0v) is 11.3. The Morgan fingerprint density at radius 3 is 2.22 bits per heavy atom. The van der Waals surface area contributed by atoms with Gasteiger partial charge >= 0.3 is 0 Å². The van der Waals surface area contributed by atoms with E-state index >= 15 is 0 Å². The molecule has 0 atom stereocenters. The molecule has 2 aliphatic rings. The van der Waals surface area contributed by atoms with Crippen LogP contribution in [0.25, 0.3) is 0 Å². The van der Waals surface area contributed by atoms with Crippen molar-refractivity contribution in [2.75, 3.05) is 18.0 Å². The van der Waals surface area contributed by atoms with Gasteiger partial charge < -0.3 is 4.90 Å². The summed E-state index contributed by atoms with van der Waals surface area (Å²) in [4.78, 5) is 11.3. The van der Waals surface area contributed by atoms with Crippen molar-refractivity contribution in [1.29, 1.82) is 0 Å². The summed E-state index contributed by atoms with van der Waals surface area (Å²) < 4.78 is 0. The standard InChI is InChI=1S/C15H23N3/c1-2-12-10-16-15(17-11-12)18-7-5-14(6-8-18)9-13-3-4-13/h10-11,13-14H,2-9H2,1H3. The molecule has 0 aromatic carbocycles. The molecule has 2 heterocycles. The largest absolute Gasteiger partial charge is 0.341 e. The van der Waals surface area contributed by atoms with Gasteiger partial charge in [-0.3, -0.25) is 0 Å². The van der Waals surface area contributed by atoms with Gasteiger partial charge in [0, 0.05) is 25.5 Å². The van der Waals surface area contributed by atoms with Crippen molar-refractivity contribution in [3.8, 4) is 0 Å². The Bertz CT molecular complexity index is 375. The molecule has 98 valence electrons. The van der Waals surface area contributed by atoms with Crippen LogP contribution in [-0.2, 0) is 6.42 Å². The number of rotatable bonds is 4. The first-order chi connectivity index (χ1) is 8.85. The first kappa shape index (κ1) is 11.9. The monoisotopic (exact) mass is 245 g/mol. The molecular formula is C15H23N3. The highest BCUT2D eigenvalue weighted by Gasteiger charge is 2.28. The minimum Gasteiger partial charge on any atom is -0.341 e. The van der Waals surface area contributed by atoms with Gasteiger partial charge in [0.05, 0.1) is 0 Å². The highest BCUT2D eigenvalue weighted by Crippen LogP contribution is 2.38. The fourth-order valence-electron chi connectivity index (χ4n) is 2.89. The van der Waals surface area contributed by atoms with E-state index in [0.717, 1.165) is 37.3 Å². The maximum Gasteiger partial charge on any atom is 0.225 e. The predicted octanol–water partition coefficient (Wildman–Crippen LogP) is 3.06. The van der Waals surface area contributed by atoms with Crippen molar-refractivity contribution in [2.24, 2.45) is 11.8 Å². The lowest BCUT2D eigenvalue weighted by atomic mass is 9.92. The van der Waals surface area contributed by atoms with E-state index in [2.05, 4.69) is 21.8 Å². The van der Waals surface area contributed by atoms with Crippen LogP contribution in [0.2, 0.25) is 0 Å². The maximum atomic E-state index is 4.49. The second-order valence-corrected chi connectivity index (χ2v) is 5.85. The third kappa shape index (κ3) is 2.82. The molecule has 1 aliphatic carbocycles. The van der Waals surface area contributed by atoms with Gasteiger partial charge in [0.2, 0.25) is 5.95 Å². The van der Waals surface area contributed by atoms with E-state index in [1.807, 2.05) is 12.4 Å². The van der Waals surface area contributed by atoms with Gasteiger partial charge in [0.25, 0.3) is 0 Å². The van der Waals surface area contributed by atoms with Gasteiger partial charge in [0.15, 0.2) is 0 Å². The topological polar surface area (TPSA) is 29.0 Å². The molecule has 3 heteroatoms. The molecule has 18 heavy (non-hydrogen) atoms.